The molecule has 0 fully saturated rings. The van der Waals surface area contributed by atoms with E-state index in [2.05, 4.69) is 37.4 Å². The highest BCUT2D eigenvalue weighted by molar-refractivity contribution is 7.92. The molecule has 1 N–H and O–H groups in total. The highest BCUT2D eigenvalue weighted by Gasteiger charge is 2.28. The second-order valence-electron chi connectivity index (χ2n) is 9.32. The van der Waals surface area contributed by atoms with E-state index in [1.54, 1.807) is 48.5 Å². The van der Waals surface area contributed by atoms with Crippen LogP contribution >= 0.6 is 0 Å². The first-order chi connectivity index (χ1) is 18.3. The van der Waals surface area contributed by atoms with Crippen LogP contribution in [0.15, 0.2) is 102 Å². The number of rotatable bonds is 10. The van der Waals surface area contributed by atoms with E-state index >= 15 is 0 Å². The van der Waals surface area contributed by atoms with Gasteiger partial charge < -0.3 is 5.32 Å². The molecule has 0 atom stereocenters. The van der Waals surface area contributed by atoms with Crippen molar-refractivity contribution in [3.05, 3.63) is 130 Å². The number of carbonyl (C=O) groups excluding carboxylic acids is 1. The van der Waals surface area contributed by atoms with Gasteiger partial charge in [-0.2, -0.15) is 0 Å². The Bertz CT molecular complexity index is 1500. The van der Waals surface area contributed by atoms with Gasteiger partial charge in [-0.1, -0.05) is 92.2 Å². The maximum Gasteiger partial charge on any atom is 0.264 e. The van der Waals surface area contributed by atoms with Crippen LogP contribution in [0.4, 0.5) is 5.69 Å². The summed E-state index contributed by atoms with van der Waals surface area (Å²) in [4.78, 5) is 13.7. The summed E-state index contributed by atoms with van der Waals surface area (Å²) in [5, 5.41) is 3.04. The second kappa shape index (κ2) is 12.1. The van der Waals surface area contributed by atoms with Gasteiger partial charge in [-0.05, 0) is 66.3 Å². The van der Waals surface area contributed by atoms with Crippen LogP contribution in [0.2, 0.25) is 0 Å². The van der Waals surface area contributed by atoms with Crippen molar-refractivity contribution in [3.63, 3.8) is 0 Å². The van der Waals surface area contributed by atoms with Gasteiger partial charge in [0.05, 0.1) is 22.7 Å². The van der Waals surface area contributed by atoms with Crippen molar-refractivity contribution < 1.29 is 13.2 Å². The molecule has 6 heteroatoms. The molecule has 0 unspecified atom stereocenters. The summed E-state index contributed by atoms with van der Waals surface area (Å²) in [6.07, 6.45) is 1.78. The van der Waals surface area contributed by atoms with E-state index in [0.29, 0.717) is 17.8 Å². The Balaban J connectivity index is 1.71. The molecule has 0 spiro atoms. The van der Waals surface area contributed by atoms with E-state index in [1.165, 1.54) is 15.4 Å². The lowest BCUT2D eigenvalue weighted by atomic mass is 10.0. The molecule has 1 amide bonds. The van der Waals surface area contributed by atoms with E-state index in [4.69, 9.17) is 0 Å². The normalized spacial score (nSPS) is 11.2. The number of para-hydroxylation sites is 1. The second-order valence-corrected chi connectivity index (χ2v) is 11.2. The fraction of sp³-hybridized carbons (Fsp3) is 0.219. The Kier molecular flexibility index (Phi) is 8.64. The average Bonchev–Trinajstić information content (AvgIpc) is 2.95. The molecule has 4 rings (SSSR count). The van der Waals surface area contributed by atoms with Gasteiger partial charge in [-0.3, -0.25) is 9.10 Å². The summed E-state index contributed by atoms with van der Waals surface area (Å²) in [6, 6.07) is 29.4. The number of sulfonamides is 1. The molecule has 0 aliphatic rings. The molecule has 0 aromatic heterocycles. The Morgan fingerprint density at radius 2 is 1.45 bits per heavy atom. The number of amides is 1. The van der Waals surface area contributed by atoms with Crippen LogP contribution in [0.25, 0.3) is 0 Å². The fourth-order valence-electron chi connectivity index (χ4n) is 4.45. The van der Waals surface area contributed by atoms with E-state index in [1.807, 2.05) is 37.3 Å². The van der Waals surface area contributed by atoms with Crippen molar-refractivity contribution in [1.82, 2.24) is 5.32 Å². The van der Waals surface area contributed by atoms with Gasteiger partial charge in [0.2, 0.25) is 0 Å². The predicted octanol–water partition coefficient (Wildman–Crippen LogP) is 6.45. The molecule has 4 aromatic rings. The van der Waals surface area contributed by atoms with E-state index in [9.17, 15) is 13.2 Å². The maximum atomic E-state index is 14.0. The van der Waals surface area contributed by atoms with Crippen LogP contribution in [0.3, 0.4) is 0 Å². The summed E-state index contributed by atoms with van der Waals surface area (Å²) in [6.45, 7) is 6.58. The molecular weight excluding hydrogens is 492 g/mol. The molecule has 0 heterocycles. The predicted molar refractivity (Wildman–Crippen MR) is 154 cm³/mol. The highest BCUT2D eigenvalue weighted by atomic mass is 32.2. The maximum absolute atomic E-state index is 14.0. The topological polar surface area (TPSA) is 66.5 Å². The largest absolute Gasteiger partial charge is 0.348 e. The third-order valence-electron chi connectivity index (χ3n) is 6.69. The van der Waals surface area contributed by atoms with E-state index in [0.717, 1.165) is 29.5 Å². The molecule has 0 saturated heterocycles. The number of hydrogen-bond donors (Lipinski definition) is 1. The van der Waals surface area contributed by atoms with Gasteiger partial charge in [0.1, 0.15) is 0 Å². The van der Waals surface area contributed by atoms with Crippen molar-refractivity contribution in [3.8, 4) is 0 Å². The number of carbonyl (C=O) groups is 1. The zero-order chi connectivity index (χ0) is 27.1. The highest BCUT2D eigenvalue weighted by Crippen LogP contribution is 2.29. The third kappa shape index (κ3) is 6.14. The molecule has 5 nitrogen and oxygen atoms in total. The first-order valence-electron chi connectivity index (χ1n) is 12.9. The van der Waals surface area contributed by atoms with Gasteiger partial charge in [0.25, 0.3) is 15.9 Å². The van der Waals surface area contributed by atoms with Crippen LogP contribution in [0, 0.1) is 6.92 Å². The molecule has 0 radical (unpaired) electrons. The molecule has 0 aliphatic carbocycles. The average molecular weight is 527 g/mol. The number of benzene rings is 4. The number of nitrogens with zero attached hydrogens (tertiary/aromatic N) is 1. The minimum absolute atomic E-state index is 0.0971. The van der Waals surface area contributed by atoms with Gasteiger partial charge in [0, 0.05) is 6.54 Å². The summed E-state index contributed by atoms with van der Waals surface area (Å²) in [7, 11) is -3.96. The lowest BCUT2D eigenvalue weighted by Crippen LogP contribution is -2.33. The third-order valence-corrected chi connectivity index (χ3v) is 8.47. The molecule has 0 bridgehead atoms. The van der Waals surface area contributed by atoms with Crippen molar-refractivity contribution in [2.45, 2.75) is 51.6 Å². The summed E-state index contributed by atoms with van der Waals surface area (Å²) in [5.41, 5.74) is 5.91. The van der Waals surface area contributed by atoms with Crippen LogP contribution in [0.1, 0.15) is 52.0 Å². The van der Waals surface area contributed by atoms with Crippen LogP contribution < -0.4 is 9.62 Å². The van der Waals surface area contributed by atoms with Gasteiger partial charge >= 0.3 is 0 Å². The zero-order valence-electron chi connectivity index (χ0n) is 22.1. The quantitative estimate of drug-likeness (QED) is 0.258. The summed E-state index contributed by atoms with van der Waals surface area (Å²) >= 11 is 0. The van der Waals surface area contributed by atoms with Gasteiger partial charge in [-0.15, -0.1) is 0 Å². The Morgan fingerprint density at radius 3 is 2.13 bits per heavy atom. The first-order valence-corrected chi connectivity index (χ1v) is 14.4. The standard InChI is InChI=1S/C32H34N2O3S/c1-4-25-17-18-27(5-2)28(21-25)22-33-32(35)30-13-9-10-14-31(30)34(23-26-11-7-6-8-12-26)38(36,37)29-19-15-24(3)16-20-29/h6-21H,4-5,22-23H2,1-3H3,(H,33,35). The SMILES string of the molecule is CCc1ccc(CC)c(CNC(=O)c2ccccc2N(Cc2ccccc2)S(=O)(=O)c2ccc(C)cc2)c1. The summed E-state index contributed by atoms with van der Waals surface area (Å²) < 4.78 is 29.2. The Labute approximate surface area is 226 Å². The molecule has 0 saturated carbocycles. The lowest BCUT2D eigenvalue weighted by Gasteiger charge is -2.27. The molecule has 196 valence electrons. The lowest BCUT2D eigenvalue weighted by molar-refractivity contribution is 0.0951. The first kappa shape index (κ1) is 27.1. The molecular formula is C32H34N2O3S. The van der Waals surface area contributed by atoms with Crippen LogP contribution in [-0.2, 0) is 36.0 Å². The molecule has 0 aliphatic heterocycles. The van der Waals surface area contributed by atoms with Crippen molar-refractivity contribution in [2.75, 3.05) is 4.31 Å². The zero-order valence-corrected chi connectivity index (χ0v) is 23.0. The number of hydrogen-bond acceptors (Lipinski definition) is 3. The van der Waals surface area contributed by atoms with E-state index < -0.39 is 10.0 Å². The minimum Gasteiger partial charge on any atom is -0.348 e. The monoisotopic (exact) mass is 526 g/mol. The minimum atomic E-state index is -3.96. The van der Waals surface area contributed by atoms with E-state index in [-0.39, 0.29) is 17.3 Å². The number of nitrogens with one attached hydrogen (secondary N) is 1. The van der Waals surface area contributed by atoms with Crippen molar-refractivity contribution in [1.29, 1.82) is 0 Å². The van der Waals surface area contributed by atoms with Gasteiger partial charge in [-0.25, -0.2) is 8.42 Å². The molecule has 4 aromatic carbocycles. The van der Waals surface area contributed by atoms with Crippen molar-refractivity contribution >= 4 is 21.6 Å². The van der Waals surface area contributed by atoms with Gasteiger partial charge in [0.15, 0.2) is 0 Å². The molecule has 38 heavy (non-hydrogen) atoms. The Hall–Kier alpha value is -3.90. The number of anilines is 1. The Morgan fingerprint density at radius 1 is 0.763 bits per heavy atom. The van der Waals surface area contributed by atoms with Crippen LogP contribution in [0.5, 0.6) is 0 Å². The fourth-order valence-corrected chi connectivity index (χ4v) is 5.92. The van der Waals surface area contributed by atoms with Crippen LogP contribution in [-0.4, -0.2) is 14.3 Å². The number of aryl methyl sites for hydroxylation is 3. The smallest absolute Gasteiger partial charge is 0.264 e. The summed E-state index contributed by atoms with van der Waals surface area (Å²) in [5.74, 6) is -0.318. The van der Waals surface area contributed by atoms with Crippen molar-refractivity contribution in [2.24, 2.45) is 0 Å².